The van der Waals surface area contributed by atoms with E-state index in [1.54, 1.807) is 42.6 Å². The third-order valence-corrected chi connectivity index (χ3v) is 5.52. The van der Waals surface area contributed by atoms with Crippen molar-refractivity contribution in [3.63, 3.8) is 0 Å². The number of ether oxygens (including phenoxy) is 1. The summed E-state index contributed by atoms with van der Waals surface area (Å²) >= 11 is 0. The maximum absolute atomic E-state index is 13.0. The lowest BCUT2D eigenvalue weighted by molar-refractivity contribution is 0.102. The Kier molecular flexibility index (Phi) is 6.29. The van der Waals surface area contributed by atoms with Gasteiger partial charge in [-0.1, -0.05) is 23.8 Å². The lowest BCUT2D eigenvalue weighted by Gasteiger charge is -2.15. The van der Waals surface area contributed by atoms with E-state index >= 15 is 0 Å². The van der Waals surface area contributed by atoms with Gasteiger partial charge in [0.15, 0.2) is 11.0 Å². The first-order chi connectivity index (χ1) is 13.9. The quantitative estimate of drug-likeness (QED) is 0.632. The molecule has 29 heavy (non-hydrogen) atoms. The second kappa shape index (κ2) is 8.87. The average Bonchev–Trinajstić information content (AvgIpc) is 2.71. The number of carbonyl (C=O) groups excluding carboxylic acids is 1. The smallest absolute Gasteiger partial charge is 0.274 e. The molecule has 0 aliphatic rings. The van der Waals surface area contributed by atoms with Gasteiger partial charge in [-0.25, -0.2) is 4.21 Å². The fourth-order valence-corrected chi connectivity index (χ4v) is 4.21. The van der Waals surface area contributed by atoms with Gasteiger partial charge < -0.3 is 14.8 Å². The number of methoxy groups -OCH3 is 1. The van der Waals surface area contributed by atoms with Crippen molar-refractivity contribution in [1.82, 2.24) is 4.98 Å². The van der Waals surface area contributed by atoms with Gasteiger partial charge in [-0.15, -0.1) is 0 Å². The van der Waals surface area contributed by atoms with Gasteiger partial charge in [0.25, 0.3) is 5.91 Å². The van der Waals surface area contributed by atoms with E-state index in [1.807, 2.05) is 32.9 Å². The van der Waals surface area contributed by atoms with Gasteiger partial charge in [-0.2, -0.15) is 0 Å². The van der Waals surface area contributed by atoms with Crippen LogP contribution in [0.2, 0.25) is 0 Å². The number of nitrogens with one attached hydrogen (secondary N) is 2. The number of amides is 1. The van der Waals surface area contributed by atoms with Crippen LogP contribution in [0.15, 0.2) is 59.6 Å². The van der Waals surface area contributed by atoms with Crippen molar-refractivity contribution in [3.8, 4) is 5.75 Å². The minimum absolute atomic E-state index is 0.311. The third kappa shape index (κ3) is 4.81. The maximum Gasteiger partial charge on any atom is 0.274 e. The molecule has 1 aromatic heterocycles. The summed E-state index contributed by atoms with van der Waals surface area (Å²) < 4.78 is 21.5. The van der Waals surface area contributed by atoms with Crippen LogP contribution < -0.4 is 14.8 Å². The molecule has 0 radical (unpaired) electrons. The Balaban J connectivity index is 1.82. The van der Waals surface area contributed by atoms with Crippen LogP contribution in [0.25, 0.3) is 0 Å². The van der Waals surface area contributed by atoms with Crippen LogP contribution in [0.5, 0.6) is 5.75 Å². The summed E-state index contributed by atoms with van der Waals surface area (Å²) in [6.07, 6.45) is 1.56. The molecule has 0 aliphatic heterocycles. The number of hydrogen-bond donors (Lipinski definition) is 2. The van der Waals surface area contributed by atoms with Crippen LogP contribution in [0.4, 0.5) is 11.4 Å². The van der Waals surface area contributed by atoms with E-state index in [1.165, 1.54) is 7.11 Å². The predicted molar refractivity (Wildman–Crippen MR) is 116 cm³/mol. The van der Waals surface area contributed by atoms with E-state index in [4.69, 9.17) is 4.74 Å². The zero-order valence-corrected chi connectivity index (χ0v) is 17.6. The van der Waals surface area contributed by atoms with Crippen molar-refractivity contribution in [2.45, 2.75) is 25.7 Å². The van der Waals surface area contributed by atoms with E-state index in [2.05, 4.69) is 15.0 Å². The third-order valence-electron chi connectivity index (χ3n) is 4.39. The lowest BCUT2D eigenvalue weighted by atomic mass is 10.1. The topological polar surface area (TPSA) is 80.3 Å². The summed E-state index contributed by atoms with van der Waals surface area (Å²) in [5.74, 6) is 0.0858. The number of anilines is 2. The van der Waals surface area contributed by atoms with E-state index in [-0.39, 0.29) is 5.91 Å². The van der Waals surface area contributed by atoms with Crippen molar-refractivity contribution in [1.29, 1.82) is 0 Å². The van der Waals surface area contributed by atoms with Crippen LogP contribution in [0, 0.1) is 20.8 Å². The Hall–Kier alpha value is -3.19. The van der Waals surface area contributed by atoms with Crippen molar-refractivity contribution in [3.05, 3.63) is 77.1 Å². The number of hydrogen-bond acceptors (Lipinski definition) is 4. The Bertz CT molecular complexity index is 1050. The second-order valence-corrected chi connectivity index (χ2v) is 7.86. The van der Waals surface area contributed by atoms with E-state index in [0.29, 0.717) is 22.0 Å². The van der Waals surface area contributed by atoms with Gasteiger partial charge in [0.05, 0.1) is 12.8 Å². The van der Waals surface area contributed by atoms with Crippen molar-refractivity contribution >= 4 is 28.3 Å². The normalized spacial score (nSPS) is 11.6. The molecule has 0 spiro atoms. The molecule has 1 atom stereocenters. The first-order valence-corrected chi connectivity index (χ1v) is 10.2. The highest BCUT2D eigenvalue weighted by atomic mass is 32.2. The molecule has 150 valence electrons. The highest BCUT2D eigenvalue weighted by Gasteiger charge is 2.15. The summed E-state index contributed by atoms with van der Waals surface area (Å²) in [6.45, 7) is 5.99. The molecule has 3 aromatic rings. The van der Waals surface area contributed by atoms with Crippen molar-refractivity contribution < 1.29 is 13.7 Å². The molecular weight excluding hydrogens is 386 g/mol. The molecular formula is C22H23N3O3S. The Morgan fingerprint density at radius 2 is 1.76 bits per heavy atom. The van der Waals surface area contributed by atoms with Crippen LogP contribution in [-0.4, -0.2) is 22.2 Å². The minimum atomic E-state index is -1.53. The number of rotatable bonds is 6. The van der Waals surface area contributed by atoms with Crippen LogP contribution >= 0.6 is 0 Å². The van der Waals surface area contributed by atoms with Crippen LogP contribution in [0.3, 0.4) is 0 Å². The monoisotopic (exact) mass is 409 g/mol. The van der Waals surface area contributed by atoms with Crippen molar-refractivity contribution in [2.24, 2.45) is 0 Å². The Morgan fingerprint density at radius 3 is 2.38 bits per heavy atom. The first kappa shape index (κ1) is 20.5. The number of aryl methyl sites for hydroxylation is 3. The number of carbonyl (C=O) groups is 1. The molecule has 2 aromatic carbocycles. The molecule has 0 aliphatic carbocycles. The maximum atomic E-state index is 13.0. The van der Waals surface area contributed by atoms with Crippen LogP contribution in [-0.2, 0) is 11.0 Å². The molecule has 1 heterocycles. The van der Waals surface area contributed by atoms with E-state index in [0.717, 1.165) is 22.4 Å². The molecule has 0 saturated carbocycles. The summed E-state index contributed by atoms with van der Waals surface area (Å²) in [6, 6.07) is 14.2. The summed E-state index contributed by atoms with van der Waals surface area (Å²) in [4.78, 5) is 16.8. The zero-order valence-electron chi connectivity index (χ0n) is 16.8. The highest BCUT2D eigenvalue weighted by molar-refractivity contribution is 7.86. The summed E-state index contributed by atoms with van der Waals surface area (Å²) in [7, 11) is -0.0272. The van der Waals surface area contributed by atoms with Crippen LogP contribution in [0.1, 0.15) is 27.2 Å². The van der Waals surface area contributed by atoms with Gasteiger partial charge in [0.2, 0.25) is 0 Å². The number of nitrogens with zero attached hydrogens (tertiary/aromatic N) is 1. The largest absolute Gasteiger partial charge is 0.495 e. The SMILES string of the molecule is COc1cc(NC(=O)c2ccccn2)ccc1S(=O)Nc1c(C)cc(C)cc1C. The molecule has 2 N–H and O–H groups in total. The zero-order chi connectivity index (χ0) is 21.0. The fourth-order valence-electron chi connectivity index (χ4n) is 3.08. The standard InChI is InChI=1S/C22H23N3O3S/c1-14-11-15(2)21(16(3)12-14)25-29(27)20-9-8-17(13-19(20)28-4)24-22(26)18-7-5-6-10-23-18/h5-13,25H,1-4H3,(H,24,26). The number of pyridine rings is 1. The predicted octanol–water partition coefficient (Wildman–Crippen LogP) is 4.40. The molecule has 6 nitrogen and oxygen atoms in total. The first-order valence-electron chi connectivity index (χ1n) is 9.05. The van der Waals surface area contributed by atoms with Gasteiger partial charge in [-0.3, -0.25) is 9.78 Å². The van der Waals surface area contributed by atoms with Gasteiger partial charge in [0, 0.05) is 18.0 Å². The Morgan fingerprint density at radius 1 is 1.03 bits per heavy atom. The number of aromatic nitrogens is 1. The molecule has 0 fully saturated rings. The van der Waals surface area contributed by atoms with Gasteiger partial charge >= 0.3 is 0 Å². The molecule has 7 heteroatoms. The molecule has 0 saturated heterocycles. The molecule has 3 rings (SSSR count). The van der Waals surface area contributed by atoms with Gasteiger partial charge in [-0.05, 0) is 56.2 Å². The summed E-state index contributed by atoms with van der Waals surface area (Å²) in [5, 5.41) is 2.77. The highest BCUT2D eigenvalue weighted by Crippen LogP contribution is 2.29. The van der Waals surface area contributed by atoms with E-state index in [9.17, 15) is 9.00 Å². The minimum Gasteiger partial charge on any atom is -0.495 e. The lowest BCUT2D eigenvalue weighted by Crippen LogP contribution is -2.14. The van der Waals surface area contributed by atoms with E-state index < -0.39 is 11.0 Å². The molecule has 1 amide bonds. The average molecular weight is 410 g/mol. The number of benzene rings is 2. The summed E-state index contributed by atoms with van der Waals surface area (Å²) in [5.41, 5.74) is 4.88. The van der Waals surface area contributed by atoms with Gasteiger partial charge in [0.1, 0.15) is 16.3 Å². The molecule has 0 bridgehead atoms. The molecule has 1 unspecified atom stereocenters. The Labute approximate surface area is 172 Å². The van der Waals surface area contributed by atoms with Crippen molar-refractivity contribution in [2.75, 3.05) is 17.1 Å². The second-order valence-electron chi connectivity index (χ2n) is 6.68. The fraction of sp³-hybridized carbons (Fsp3) is 0.182.